The van der Waals surface area contributed by atoms with Gasteiger partial charge in [-0.2, -0.15) is 0 Å². The summed E-state index contributed by atoms with van der Waals surface area (Å²) in [4.78, 5) is 4.18. The average molecular weight is 325 g/mol. The molecule has 0 aliphatic heterocycles. The Morgan fingerprint density at radius 1 is 1.26 bits per heavy atom. The third kappa shape index (κ3) is 3.52. The maximum atomic E-state index is 13.9. The lowest BCUT2D eigenvalue weighted by atomic mass is 10.2. The number of hydrogen-bond acceptors (Lipinski definition) is 3. The maximum absolute atomic E-state index is 13.9. The molecule has 0 atom stereocenters. The molecule has 0 saturated carbocycles. The van der Waals surface area contributed by atoms with Gasteiger partial charge in [-0.25, -0.2) is 4.39 Å². The Bertz CT molecular complexity index is 549. The van der Waals surface area contributed by atoms with Crippen molar-refractivity contribution in [2.75, 3.05) is 6.61 Å². The van der Waals surface area contributed by atoms with E-state index in [1.54, 1.807) is 18.3 Å². The van der Waals surface area contributed by atoms with Crippen molar-refractivity contribution in [2.24, 2.45) is 5.73 Å². The molecule has 0 bridgehead atoms. The summed E-state index contributed by atoms with van der Waals surface area (Å²) in [5, 5.41) is 0. The molecule has 3 nitrogen and oxygen atoms in total. The summed E-state index contributed by atoms with van der Waals surface area (Å²) in [7, 11) is 0. The minimum absolute atomic E-state index is 0.222. The fourth-order valence-corrected chi connectivity index (χ4v) is 2.14. The molecule has 0 fully saturated rings. The number of benzene rings is 1. The molecule has 0 unspecified atom stereocenters. The van der Waals surface area contributed by atoms with Crippen LogP contribution in [-0.2, 0) is 13.0 Å². The first kappa shape index (κ1) is 14.0. The second-order valence-electron chi connectivity index (χ2n) is 3.97. The highest BCUT2D eigenvalue weighted by atomic mass is 79.9. The van der Waals surface area contributed by atoms with E-state index < -0.39 is 5.82 Å². The smallest absolute Gasteiger partial charge is 0.179 e. The van der Waals surface area contributed by atoms with Crippen LogP contribution in [0.15, 0.2) is 41.0 Å². The summed E-state index contributed by atoms with van der Waals surface area (Å²) in [5.41, 5.74) is 7.13. The van der Waals surface area contributed by atoms with Crippen LogP contribution >= 0.6 is 15.9 Å². The zero-order chi connectivity index (χ0) is 13.7. The van der Waals surface area contributed by atoms with E-state index in [1.165, 1.54) is 0 Å². The number of halogens is 2. The van der Waals surface area contributed by atoms with Crippen molar-refractivity contribution in [1.29, 1.82) is 0 Å². The Hall–Kier alpha value is -1.46. The van der Waals surface area contributed by atoms with Crippen LogP contribution in [0, 0.1) is 5.82 Å². The first-order valence-corrected chi connectivity index (χ1v) is 6.71. The van der Waals surface area contributed by atoms with Gasteiger partial charge in [0.05, 0.1) is 11.1 Å². The minimum Gasteiger partial charge on any atom is -0.490 e. The van der Waals surface area contributed by atoms with Crippen LogP contribution in [0.5, 0.6) is 5.75 Å². The van der Waals surface area contributed by atoms with Gasteiger partial charge in [-0.3, -0.25) is 4.98 Å². The van der Waals surface area contributed by atoms with Gasteiger partial charge in [0.1, 0.15) is 0 Å². The quantitative estimate of drug-likeness (QED) is 0.919. The van der Waals surface area contributed by atoms with Gasteiger partial charge >= 0.3 is 0 Å². The van der Waals surface area contributed by atoms with Gasteiger partial charge in [0.15, 0.2) is 11.6 Å². The highest BCUT2D eigenvalue weighted by Gasteiger charge is 2.11. The predicted octanol–water partition coefficient (Wildman–Crippen LogP) is 3.06. The van der Waals surface area contributed by atoms with Crippen LogP contribution in [0.2, 0.25) is 0 Å². The molecule has 2 N–H and O–H groups in total. The summed E-state index contributed by atoms with van der Waals surface area (Å²) in [6.45, 7) is 0.661. The second-order valence-corrected chi connectivity index (χ2v) is 4.77. The first-order valence-electron chi connectivity index (χ1n) is 5.92. The first-order chi connectivity index (χ1) is 9.22. The molecular weight excluding hydrogens is 311 g/mol. The molecule has 19 heavy (non-hydrogen) atoms. The molecule has 0 radical (unpaired) electrons. The average Bonchev–Trinajstić information content (AvgIpc) is 2.45. The Labute approximate surface area is 119 Å². The van der Waals surface area contributed by atoms with Gasteiger partial charge in [0.25, 0.3) is 0 Å². The summed E-state index contributed by atoms with van der Waals surface area (Å²) in [6.07, 6.45) is 2.36. The summed E-state index contributed by atoms with van der Waals surface area (Å²) >= 11 is 3.18. The SMILES string of the molecule is NCc1ccc(OCCc2ccccn2)c(F)c1Br. The molecule has 0 spiro atoms. The number of hydrogen-bond donors (Lipinski definition) is 1. The Morgan fingerprint density at radius 3 is 2.79 bits per heavy atom. The van der Waals surface area contributed by atoms with Gasteiger partial charge in [-0.1, -0.05) is 12.1 Å². The lowest BCUT2D eigenvalue weighted by Crippen LogP contribution is -2.05. The number of rotatable bonds is 5. The van der Waals surface area contributed by atoms with Crippen molar-refractivity contribution in [3.8, 4) is 5.75 Å². The summed E-state index contributed by atoms with van der Waals surface area (Å²) in [5.74, 6) is -0.191. The number of aromatic nitrogens is 1. The molecular formula is C14H14BrFN2O. The Balaban J connectivity index is 1.99. The van der Waals surface area contributed by atoms with E-state index in [4.69, 9.17) is 10.5 Å². The van der Waals surface area contributed by atoms with Gasteiger partial charge in [0, 0.05) is 24.9 Å². The van der Waals surface area contributed by atoms with Crippen LogP contribution in [-0.4, -0.2) is 11.6 Å². The zero-order valence-corrected chi connectivity index (χ0v) is 11.9. The third-order valence-electron chi connectivity index (χ3n) is 2.69. The van der Waals surface area contributed by atoms with Crippen LogP contribution in [0.25, 0.3) is 0 Å². The molecule has 2 aromatic rings. The zero-order valence-electron chi connectivity index (χ0n) is 10.3. The number of nitrogens with two attached hydrogens (primary N) is 1. The maximum Gasteiger partial charge on any atom is 0.179 e. The Kier molecular flexibility index (Phi) is 4.87. The van der Waals surface area contributed by atoms with E-state index in [0.717, 1.165) is 11.3 Å². The van der Waals surface area contributed by atoms with Crippen LogP contribution in [0.1, 0.15) is 11.3 Å². The molecule has 100 valence electrons. The van der Waals surface area contributed by atoms with Gasteiger partial charge in [-0.15, -0.1) is 0 Å². The lowest BCUT2D eigenvalue weighted by molar-refractivity contribution is 0.303. The predicted molar refractivity (Wildman–Crippen MR) is 75.4 cm³/mol. The van der Waals surface area contributed by atoms with E-state index in [2.05, 4.69) is 20.9 Å². The molecule has 1 aromatic carbocycles. The standard InChI is InChI=1S/C14H14BrFN2O/c15-13-10(9-17)4-5-12(14(13)16)19-8-6-11-3-1-2-7-18-11/h1-5,7H,6,8-9,17H2. The van der Waals surface area contributed by atoms with Crippen LogP contribution in [0.3, 0.4) is 0 Å². The van der Waals surface area contributed by atoms with Crippen molar-refractivity contribution in [3.63, 3.8) is 0 Å². The highest BCUT2D eigenvalue weighted by Crippen LogP contribution is 2.28. The molecule has 0 aliphatic carbocycles. The van der Waals surface area contributed by atoms with Crippen LogP contribution < -0.4 is 10.5 Å². The highest BCUT2D eigenvalue weighted by molar-refractivity contribution is 9.10. The second kappa shape index (κ2) is 6.63. The van der Waals surface area contributed by atoms with Crippen LogP contribution in [0.4, 0.5) is 4.39 Å². The van der Waals surface area contributed by atoms with Crippen molar-refractivity contribution in [3.05, 3.63) is 58.1 Å². The van der Waals surface area contributed by atoms with Crippen molar-refractivity contribution >= 4 is 15.9 Å². The van der Waals surface area contributed by atoms with E-state index in [1.807, 2.05) is 18.2 Å². The number of nitrogens with zero attached hydrogens (tertiary/aromatic N) is 1. The topological polar surface area (TPSA) is 48.1 Å². The van der Waals surface area contributed by atoms with Gasteiger partial charge < -0.3 is 10.5 Å². The molecule has 5 heteroatoms. The van der Waals surface area contributed by atoms with Crippen molar-refractivity contribution in [1.82, 2.24) is 4.98 Å². The number of pyridine rings is 1. The molecule has 1 aromatic heterocycles. The fraction of sp³-hybridized carbons (Fsp3) is 0.214. The number of ether oxygens (including phenoxy) is 1. The van der Waals surface area contributed by atoms with Crippen molar-refractivity contribution < 1.29 is 9.13 Å². The van der Waals surface area contributed by atoms with Gasteiger partial charge in [0.2, 0.25) is 0 Å². The van der Waals surface area contributed by atoms with E-state index in [9.17, 15) is 4.39 Å². The monoisotopic (exact) mass is 324 g/mol. The summed E-state index contributed by atoms with van der Waals surface area (Å²) in [6, 6.07) is 9.03. The summed E-state index contributed by atoms with van der Waals surface area (Å²) < 4.78 is 19.7. The molecule has 0 amide bonds. The van der Waals surface area contributed by atoms with E-state index in [0.29, 0.717) is 17.5 Å². The van der Waals surface area contributed by atoms with E-state index >= 15 is 0 Å². The van der Waals surface area contributed by atoms with Gasteiger partial charge in [-0.05, 0) is 39.7 Å². The lowest BCUT2D eigenvalue weighted by Gasteiger charge is -2.10. The third-order valence-corrected chi connectivity index (χ3v) is 3.55. The molecule has 0 saturated heterocycles. The molecule has 0 aliphatic rings. The Morgan fingerprint density at radius 2 is 2.11 bits per heavy atom. The minimum atomic E-state index is -0.413. The molecule has 2 rings (SSSR count). The molecule has 1 heterocycles. The fourth-order valence-electron chi connectivity index (χ4n) is 1.65. The van der Waals surface area contributed by atoms with Crippen molar-refractivity contribution in [2.45, 2.75) is 13.0 Å². The largest absolute Gasteiger partial charge is 0.490 e. The van der Waals surface area contributed by atoms with E-state index in [-0.39, 0.29) is 12.3 Å². The normalized spacial score (nSPS) is 10.5.